The fraction of sp³-hybridized carbons (Fsp3) is 0.294. The maximum Gasteiger partial charge on any atom is 0.416 e. The SMILES string of the molecule is COC(=O)c1c(C(=O)OC)c(-c2ccc(C(F)(F)F)cc2)n2c1C[S@](=O)C2. The van der Waals surface area contributed by atoms with Crippen molar-refractivity contribution in [2.75, 3.05) is 14.2 Å². The van der Waals surface area contributed by atoms with Crippen LogP contribution in [0.15, 0.2) is 24.3 Å². The number of benzene rings is 1. The first-order valence-corrected chi connectivity index (χ1v) is 9.12. The van der Waals surface area contributed by atoms with Crippen LogP contribution in [0.5, 0.6) is 0 Å². The summed E-state index contributed by atoms with van der Waals surface area (Å²) in [4.78, 5) is 24.6. The lowest BCUT2D eigenvalue weighted by Crippen LogP contribution is -2.12. The number of ether oxygens (including phenoxy) is 2. The van der Waals surface area contributed by atoms with Crippen LogP contribution in [0.4, 0.5) is 13.2 Å². The van der Waals surface area contributed by atoms with Crippen molar-refractivity contribution >= 4 is 22.7 Å². The second kappa shape index (κ2) is 6.84. The van der Waals surface area contributed by atoms with Crippen LogP contribution >= 0.6 is 0 Å². The van der Waals surface area contributed by atoms with Gasteiger partial charge in [-0.25, -0.2) is 9.59 Å². The standard InChI is InChI=1S/C17H14F3NO5S/c1-25-15(22)12-11-7-27(24)8-21(11)14(13(12)16(23)26-2)9-3-5-10(6-4-9)17(18,19)20/h3-6H,7-8H2,1-2H3/t27-/m0/s1. The molecule has 144 valence electrons. The van der Waals surface area contributed by atoms with Crippen LogP contribution in [0.2, 0.25) is 0 Å². The third kappa shape index (κ3) is 3.25. The van der Waals surface area contributed by atoms with E-state index in [1.54, 1.807) is 0 Å². The number of nitrogens with zero attached hydrogens (tertiary/aromatic N) is 1. The Morgan fingerprint density at radius 2 is 1.59 bits per heavy atom. The number of esters is 2. The number of halogens is 3. The van der Waals surface area contributed by atoms with Crippen LogP contribution in [-0.4, -0.2) is 34.9 Å². The van der Waals surface area contributed by atoms with Gasteiger partial charge in [-0.15, -0.1) is 0 Å². The van der Waals surface area contributed by atoms with E-state index in [1.165, 1.54) is 16.7 Å². The molecule has 2 aromatic rings. The van der Waals surface area contributed by atoms with Gasteiger partial charge < -0.3 is 14.0 Å². The molecule has 2 heterocycles. The van der Waals surface area contributed by atoms with Crippen LogP contribution in [0.25, 0.3) is 11.3 Å². The molecule has 0 amide bonds. The molecule has 0 saturated heterocycles. The zero-order valence-corrected chi connectivity index (χ0v) is 15.1. The van der Waals surface area contributed by atoms with Gasteiger partial charge in [0.1, 0.15) is 5.56 Å². The Morgan fingerprint density at radius 1 is 1.04 bits per heavy atom. The largest absolute Gasteiger partial charge is 0.465 e. The monoisotopic (exact) mass is 401 g/mol. The Morgan fingerprint density at radius 3 is 2.11 bits per heavy atom. The summed E-state index contributed by atoms with van der Waals surface area (Å²) in [6.45, 7) is 0. The summed E-state index contributed by atoms with van der Waals surface area (Å²) in [5.41, 5.74) is -0.275. The summed E-state index contributed by atoms with van der Waals surface area (Å²) >= 11 is 0. The Bertz CT molecular complexity index is 947. The van der Waals surface area contributed by atoms with Crippen LogP contribution < -0.4 is 0 Å². The molecular formula is C17H14F3NO5S. The van der Waals surface area contributed by atoms with E-state index in [4.69, 9.17) is 9.47 Å². The fourth-order valence-corrected chi connectivity index (χ4v) is 4.31. The van der Waals surface area contributed by atoms with Gasteiger partial charge in [-0.3, -0.25) is 4.21 Å². The summed E-state index contributed by atoms with van der Waals surface area (Å²) in [7, 11) is 0.942. The van der Waals surface area contributed by atoms with Gasteiger partial charge in [0.15, 0.2) is 0 Å². The van der Waals surface area contributed by atoms with E-state index in [-0.39, 0.29) is 34.0 Å². The van der Waals surface area contributed by atoms with E-state index in [0.29, 0.717) is 5.69 Å². The summed E-state index contributed by atoms with van der Waals surface area (Å²) in [5, 5.41) is 0. The second-order valence-corrected chi connectivity index (χ2v) is 7.17. The molecule has 10 heteroatoms. The van der Waals surface area contributed by atoms with Gasteiger partial charge >= 0.3 is 18.1 Å². The molecule has 3 rings (SSSR count). The predicted molar refractivity (Wildman–Crippen MR) is 89.4 cm³/mol. The summed E-state index contributed by atoms with van der Waals surface area (Å²) < 4.78 is 61.5. The third-order valence-corrected chi connectivity index (χ3v) is 5.35. The van der Waals surface area contributed by atoms with Gasteiger partial charge in [-0.1, -0.05) is 12.1 Å². The van der Waals surface area contributed by atoms with Crippen molar-refractivity contribution in [2.24, 2.45) is 0 Å². The molecule has 0 bridgehead atoms. The lowest BCUT2D eigenvalue weighted by atomic mass is 10.0. The van der Waals surface area contributed by atoms with E-state index < -0.39 is 34.5 Å². The number of hydrogen-bond donors (Lipinski definition) is 0. The number of fused-ring (bicyclic) bond motifs is 1. The third-order valence-electron chi connectivity index (χ3n) is 4.21. The molecule has 0 unspecified atom stereocenters. The zero-order valence-electron chi connectivity index (χ0n) is 14.3. The van der Waals surface area contributed by atoms with E-state index in [1.807, 2.05) is 0 Å². The fourth-order valence-electron chi connectivity index (χ4n) is 3.04. The Balaban J connectivity index is 2.27. The number of rotatable bonds is 3. The molecule has 1 atom stereocenters. The summed E-state index contributed by atoms with van der Waals surface area (Å²) in [6.07, 6.45) is -4.51. The lowest BCUT2D eigenvalue weighted by molar-refractivity contribution is -0.137. The molecule has 0 fully saturated rings. The number of aromatic nitrogens is 1. The first-order chi connectivity index (χ1) is 12.7. The quantitative estimate of drug-likeness (QED) is 0.740. The van der Waals surface area contributed by atoms with Crippen molar-refractivity contribution in [3.8, 4) is 11.3 Å². The maximum atomic E-state index is 12.8. The van der Waals surface area contributed by atoms with Crippen molar-refractivity contribution in [1.82, 2.24) is 4.57 Å². The minimum absolute atomic E-state index is 0.00662. The predicted octanol–water partition coefficient (Wildman–Crippen LogP) is 2.97. The Hall–Kier alpha value is -2.62. The van der Waals surface area contributed by atoms with Crippen LogP contribution in [-0.2, 0) is 38.1 Å². The highest BCUT2D eigenvalue weighted by Crippen LogP contribution is 2.38. The summed E-state index contributed by atoms with van der Waals surface area (Å²) in [5.74, 6) is -1.61. The lowest BCUT2D eigenvalue weighted by Gasteiger charge is -2.11. The second-order valence-electron chi connectivity index (χ2n) is 5.74. The summed E-state index contributed by atoms with van der Waals surface area (Å²) in [6, 6.07) is 4.14. The normalized spacial score (nSPS) is 16.1. The van der Waals surface area contributed by atoms with Crippen molar-refractivity contribution in [3.63, 3.8) is 0 Å². The number of carbonyl (C=O) groups excluding carboxylic acids is 2. The van der Waals surface area contributed by atoms with E-state index >= 15 is 0 Å². The molecule has 0 aliphatic carbocycles. The molecule has 1 aromatic heterocycles. The molecule has 27 heavy (non-hydrogen) atoms. The molecular weight excluding hydrogens is 387 g/mol. The first kappa shape index (κ1) is 19.2. The highest BCUT2D eigenvalue weighted by atomic mass is 32.2. The van der Waals surface area contributed by atoms with Gasteiger partial charge in [-0.05, 0) is 17.7 Å². The van der Waals surface area contributed by atoms with Crippen molar-refractivity contribution in [1.29, 1.82) is 0 Å². The van der Waals surface area contributed by atoms with E-state index in [9.17, 15) is 27.0 Å². The smallest absolute Gasteiger partial charge is 0.416 e. The van der Waals surface area contributed by atoms with Gasteiger partial charge in [0, 0.05) is 16.5 Å². The zero-order chi connectivity index (χ0) is 19.9. The topological polar surface area (TPSA) is 74.6 Å². The molecule has 1 aromatic carbocycles. The molecule has 0 spiro atoms. The van der Waals surface area contributed by atoms with Gasteiger partial charge in [0.05, 0.1) is 42.7 Å². The van der Waals surface area contributed by atoms with Crippen molar-refractivity contribution in [2.45, 2.75) is 17.8 Å². The minimum atomic E-state index is -4.51. The molecule has 0 radical (unpaired) electrons. The number of carbonyl (C=O) groups is 2. The van der Waals surface area contributed by atoms with E-state index in [0.717, 1.165) is 26.4 Å². The maximum absolute atomic E-state index is 12.8. The average Bonchev–Trinajstić information content (AvgIpc) is 3.14. The van der Waals surface area contributed by atoms with Gasteiger partial charge in [0.25, 0.3) is 0 Å². The van der Waals surface area contributed by atoms with Crippen molar-refractivity contribution in [3.05, 3.63) is 46.6 Å². The number of alkyl halides is 3. The Labute approximate surface area is 154 Å². The molecule has 0 N–H and O–H groups in total. The molecule has 0 saturated carbocycles. The number of hydrogen-bond acceptors (Lipinski definition) is 5. The first-order valence-electron chi connectivity index (χ1n) is 7.63. The van der Waals surface area contributed by atoms with Crippen LogP contribution in [0.1, 0.15) is 32.0 Å². The van der Waals surface area contributed by atoms with Gasteiger partial charge in [-0.2, -0.15) is 13.2 Å². The average molecular weight is 401 g/mol. The highest BCUT2D eigenvalue weighted by Gasteiger charge is 2.37. The minimum Gasteiger partial charge on any atom is -0.465 e. The highest BCUT2D eigenvalue weighted by molar-refractivity contribution is 7.83. The Kier molecular flexibility index (Phi) is 4.85. The molecule has 6 nitrogen and oxygen atoms in total. The van der Waals surface area contributed by atoms with E-state index in [2.05, 4.69) is 0 Å². The van der Waals surface area contributed by atoms with Crippen LogP contribution in [0.3, 0.4) is 0 Å². The number of methoxy groups -OCH3 is 2. The molecule has 1 aliphatic heterocycles. The van der Waals surface area contributed by atoms with Crippen molar-refractivity contribution < 1.29 is 36.4 Å². The van der Waals surface area contributed by atoms with Gasteiger partial charge in [0.2, 0.25) is 0 Å². The van der Waals surface area contributed by atoms with Crippen LogP contribution in [0, 0.1) is 0 Å². The molecule has 1 aliphatic rings.